The number of thioether (sulfide) groups is 1. The molecule has 3 rings (SSSR count). The topological polar surface area (TPSA) is 63.6 Å². The Morgan fingerprint density at radius 1 is 1.17 bits per heavy atom. The van der Waals surface area contributed by atoms with Gasteiger partial charge in [0.1, 0.15) is 5.65 Å². The van der Waals surface area contributed by atoms with Crippen molar-refractivity contribution in [2.45, 2.75) is 37.0 Å². The molecule has 1 atom stereocenters. The fourth-order valence-corrected chi connectivity index (χ4v) is 3.89. The Morgan fingerprint density at radius 3 is 2.57 bits per heavy atom. The van der Waals surface area contributed by atoms with Gasteiger partial charge < -0.3 is 15.0 Å². The Hall–Kier alpha value is -1.73. The zero-order valence-electron chi connectivity index (χ0n) is 17.5. The molecule has 2 heterocycles. The highest BCUT2D eigenvalue weighted by Gasteiger charge is 2.17. The summed E-state index contributed by atoms with van der Waals surface area (Å²) in [5.41, 5.74) is 8.79. The van der Waals surface area contributed by atoms with Gasteiger partial charge >= 0.3 is 0 Å². The molecule has 1 amide bonds. The predicted octanol–water partition coefficient (Wildman–Crippen LogP) is 4.92. The van der Waals surface area contributed by atoms with E-state index >= 15 is 0 Å². The molecule has 0 bridgehead atoms. The summed E-state index contributed by atoms with van der Waals surface area (Å²) in [7, 11) is 1.85. The summed E-state index contributed by atoms with van der Waals surface area (Å²) in [5.74, 6) is 1.17. The summed E-state index contributed by atoms with van der Waals surface area (Å²) >= 11 is 1.64. The summed E-state index contributed by atoms with van der Waals surface area (Å²) in [4.78, 5) is 20.3. The molecule has 0 radical (unpaired) electrons. The van der Waals surface area contributed by atoms with E-state index in [0.29, 0.717) is 18.2 Å². The van der Waals surface area contributed by atoms with Crippen molar-refractivity contribution in [2.75, 3.05) is 13.6 Å². The zero-order chi connectivity index (χ0) is 20.1. The lowest BCUT2D eigenvalue weighted by Gasteiger charge is -2.22. The molecule has 5 nitrogen and oxygen atoms in total. The molecule has 0 saturated heterocycles. The second-order valence-corrected chi connectivity index (χ2v) is 8.42. The number of carbonyl (C=O) groups excluding carboxylic acids is 1. The number of pyridine rings is 1. The van der Waals surface area contributed by atoms with Crippen LogP contribution in [-0.2, 0) is 5.75 Å². The van der Waals surface area contributed by atoms with E-state index in [4.69, 9.17) is 5.73 Å². The zero-order valence-corrected chi connectivity index (χ0v) is 20.0. The van der Waals surface area contributed by atoms with Crippen LogP contribution in [0.15, 0.2) is 59.8 Å². The maximum absolute atomic E-state index is 13.0. The molecule has 30 heavy (non-hydrogen) atoms. The number of aromatic nitrogens is 2. The number of benzene rings is 1. The smallest absolute Gasteiger partial charge is 0.254 e. The third-order valence-corrected chi connectivity index (χ3v) is 6.01. The molecule has 0 aliphatic heterocycles. The monoisotopic (exact) mass is 468 g/mol. The minimum Gasteiger partial charge on any atom is -0.342 e. The molecule has 0 fully saturated rings. The van der Waals surface area contributed by atoms with E-state index in [1.807, 2.05) is 66.3 Å². The van der Waals surface area contributed by atoms with E-state index in [9.17, 15) is 4.79 Å². The highest BCUT2D eigenvalue weighted by Crippen LogP contribution is 2.27. The number of halogens is 2. The van der Waals surface area contributed by atoms with Crippen LogP contribution in [0.1, 0.15) is 36.3 Å². The Kier molecular flexibility index (Phi) is 10.7. The lowest BCUT2D eigenvalue weighted by atomic mass is 10.0. The van der Waals surface area contributed by atoms with Gasteiger partial charge in [-0.05, 0) is 36.6 Å². The van der Waals surface area contributed by atoms with Gasteiger partial charge in [0.2, 0.25) is 0 Å². The van der Waals surface area contributed by atoms with E-state index in [1.54, 1.807) is 16.7 Å². The minimum absolute atomic E-state index is 0. The largest absolute Gasteiger partial charge is 0.342 e. The van der Waals surface area contributed by atoms with Gasteiger partial charge in [-0.1, -0.05) is 32.0 Å². The minimum atomic E-state index is 0. The van der Waals surface area contributed by atoms with Gasteiger partial charge in [-0.15, -0.1) is 36.6 Å². The van der Waals surface area contributed by atoms with Gasteiger partial charge in [0.05, 0.1) is 11.3 Å². The summed E-state index contributed by atoms with van der Waals surface area (Å²) in [6.07, 6.45) is 4.83. The van der Waals surface area contributed by atoms with E-state index in [-0.39, 0.29) is 36.8 Å². The summed E-state index contributed by atoms with van der Waals surface area (Å²) in [5, 5.41) is 0. The first kappa shape index (κ1) is 26.3. The van der Waals surface area contributed by atoms with E-state index in [0.717, 1.165) is 28.2 Å². The number of imidazole rings is 1. The molecule has 1 aromatic carbocycles. The van der Waals surface area contributed by atoms with Crippen molar-refractivity contribution in [2.24, 2.45) is 11.7 Å². The first-order chi connectivity index (χ1) is 13.5. The predicted molar refractivity (Wildman–Crippen MR) is 130 cm³/mol. The summed E-state index contributed by atoms with van der Waals surface area (Å²) < 4.78 is 2.01. The molecule has 2 N–H and O–H groups in total. The van der Waals surface area contributed by atoms with Gasteiger partial charge in [0.25, 0.3) is 5.91 Å². The second-order valence-electron chi connectivity index (χ2n) is 7.41. The SMILES string of the molecule is CC(C)C(N)CCN(C)C(=O)c1ccccc1SCc1cn2ccccc2n1.Cl.Cl. The van der Waals surface area contributed by atoms with Gasteiger partial charge in [0, 0.05) is 42.7 Å². The number of amides is 1. The van der Waals surface area contributed by atoms with Crippen molar-refractivity contribution in [3.8, 4) is 0 Å². The van der Waals surface area contributed by atoms with Crippen molar-refractivity contribution in [3.05, 3.63) is 66.1 Å². The van der Waals surface area contributed by atoms with Crippen molar-refractivity contribution in [3.63, 3.8) is 0 Å². The van der Waals surface area contributed by atoms with Crippen LogP contribution in [-0.4, -0.2) is 39.8 Å². The number of hydrogen-bond acceptors (Lipinski definition) is 4. The molecule has 1 unspecified atom stereocenters. The van der Waals surface area contributed by atoms with E-state index in [2.05, 4.69) is 18.8 Å². The molecule has 0 aliphatic rings. The van der Waals surface area contributed by atoms with Crippen LogP contribution < -0.4 is 5.73 Å². The molecule has 164 valence electrons. The van der Waals surface area contributed by atoms with Crippen molar-refractivity contribution in [1.82, 2.24) is 14.3 Å². The Bertz CT molecular complexity index is 915. The lowest BCUT2D eigenvalue weighted by Crippen LogP contribution is -2.34. The third kappa shape index (κ3) is 6.64. The number of hydrogen-bond donors (Lipinski definition) is 1. The van der Waals surface area contributed by atoms with E-state index in [1.165, 1.54) is 0 Å². The first-order valence-electron chi connectivity index (χ1n) is 9.61. The second kappa shape index (κ2) is 12.2. The van der Waals surface area contributed by atoms with Gasteiger partial charge in [-0.2, -0.15) is 0 Å². The third-order valence-electron chi connectivity index (χ3n) is 4.91. The molecule has 0 aliphatic carbocycles. The quantitative estimate of drug-likeness (QED) is 0.476. The van der Waals surface area contributed by atoms with Gasteiger partial charge in [0.15, 0.2) is 0 Å². The molecule has 0 saturated carbocycles. The van der Waals surface area contributed by atoms with Gasteiger partial charge in [-0.3, -0.25) is 4.79 Å². The summed E-state index contributed by atoms with van der Waals surface area (Å²) in [6.45, 7) is 4.87. The highest BCUT2D eigenvalue weighted by atomic mass is 35.5. The average molecular weight is 469 g/mol. The van der Waals surface area contributed by atoms with Crippen molar-refractivity contribution >= 4 is 48.1 Å². The molecular weight excluding hydrogens is 439 g/mol. The summed E-state index contributed by atoms with van der Waals surface area (Å²) in [6, 6.07) is 13.8. The molecule has 0 spiro atoms. The standard InChI is InChI=1S/C22H28N4OS.2ClH/c1-16(2)19(23)11-13-25(3)22(27)18-8-4-5-9-20(18)28-15-17-14-26-12-7-6-10-21(26)24-17;;/h4-10,12,14,16,19H,11,13,15,23H2,1-3H3;2*1H. The van der Waals surface area contributed by atoms with Crippen LogP contribution in [0, 0.1) is 5.92 Å². The molecular formula is C22H30Cl2N4OS. The van der Waals surface area contributed by atoms with Crippen LogP contribution in [0.2, 0.25) is 0 Å². The van der Waals surface area contributed by atoms with Crippen LogP contribution >= 0.6 is 36.6 Å². The van der Waals surface area contributed by atoms with Crippen LogP contribution in [0.5, 0.6) is 0 Å². The Morgan fingerprint density at radius 2 is 1.87 bits per heavy atom. The van der Waals surface area contributed by atoms with Crippen LogP contribution in [0.4, 0.5) is 0 Å². The maximum Gasteiger partial charge on any atom is 0.254 e. The molecule has 2 aromatic heterocycles. The average Bonchev–Trinajstić information content (AvgIpc) is 3.12. The fraction of sp³-hybridized carbons (Fsp3) is 0.364. The van der Waals surface area contributed by atoms with E-state index < -0.39 is 0 Å². The Labute approximate surface area is 195 Å². The molecule has 3 aromatic rings. The normalized spacial score (nSPS) is 11.6. The number of rotatable bonds is 8. The van der Waals surface area contributed by atoms with Gasteiger partial charge in [-0.25, -0.2) is 4.98 Å². The Balaban J connectivity index is 0.00000225. The number of nitrogens with two attached hydrogens (primary N) is 1. The van der Waals surface area contributed by atoms with Crippen LogP contribution in [0.25, 0.3) is 5.65 Å². The first-order valence-corrected chi connectivity index (χ1v) is 10.6. The highest BCUT2D eigenvalue weighted by molar-refractivity contribution is 7.98. The van der Waals surface area contributed by atoms with Crippen LogP contribution in [0.3, 0.4) is 0 Å². The number of carbonyl (C=O) groups is 1. The number of nitrogens with zero attached hydrogens (tertiary/aromatic N) is 3. The fourth-order valence-electron chi connectivity index (χ4n) is 2.96. The van der Waals surface area contributed by atoms with Crippen molar-refractivity contribution in [1.29, 1.82) is 0 Å². The number of fused-ring (bicyclic) bond motifs is 1. The lowest BCUT2D eigenvalue weighted by molar-refractivity contribution is 0.0786. The van der Waals surface area contributed by atoms with Crippen molar-refractivity contribution < 1.29 is 4.79 Å². The maximum atomic E-state index is 13.0. The molecule has 8 heteroatoms.